The Labute approximate surface area is 123 Å². The van der Waals surface area contributed by atoms with E-state index >= 15 is 0 Å². The summed E-state index contributed by atoms with van der Waals surface area (Å²) >= 11 is 11.5. The molecule has 0 bridgehead atoms. The van der Waals surface area contributed by atoms with Gasteiger partial charge in [0, 0.05) is 15.7 Å². The summed E-state index contributed by atoms with van der Waals surface area (Å²) in [5.41, 5.74) is 0.250. The van der Waals surface area contributed by atoms with Crippen molar-refractivity contribution in [1.29, 1.82) is 0 Å². The Morgan fingerprint density at radius 1 is 1.10 bits per heavy atom. The number of carbonyl (C=O) groups excluding carboxylic acids is 1. The summed E-state index contributed by atoms with van der Waals surface area (Å²) in [7, 11) is 0. The Balaban J connectivity index is 2.70. The maximum atomic E-state index is 11.6. The van der Waals surface area contributed by atoms with Crippen LogP contribution in [0, 0.1) is 0 Å². The van der Waals surface area contributed by atoms with Gasteiger partial charge in [0.15, 0.2) is 0 Å². The monoisotopic (exact) mass is 320 g/mol. The van der Waals surface area contributed by atoms with Gasteiger partial charge in [0.2, 0.25) is 0 Å². The molecule has 9 heteroatoms. The lowest BCUT2D eigenvalue weighted by atomic mass is 10.2. The number of rotatable bonds is 5. The van der Waals surface area contributed by atoms with Gasteiger partial charge in [-0.25, -0.2) is 9.59 Å². The van der Waals surface area contributed by atoms with Crippen LogP contribution in [0.2, 0.25) is 10.0 Å². The predicted molar refractivity (Wildman–Crippen MR) is 72.3 cm³/mol. The van der Waals surface area contributed by atoms with E-state index in [9.17, 15) is 14.4 Å². The summed E-state index contributed by atoms with van der Waals surface area (Å²) in [6.45, 7) is 0. The average Bonchev–Trinajstić information content (AvgIpc) is 2.25. The first-order valence-electron chi connectivity index (χ1n) is 5.26. The van der Waals surface area contributed by atoms with Crippen LogP contribution in [0.25, 0.3) is 0 Å². The smallest absolute Gasteiger partial charge is 0.326 e. The number of urea groups is 1. The van der Waals surface area contributed by atoms with Crippen molar-refractivity contribution in [2.75, 3.05) is 5.32 Å². The molecule has 0 fully saturated rings. The number of hydrogen-bond acceptors (Lipinski definition) is 3. The van der Waals surface area contributed by atoms with Gasteiger partial charge in [-0.2, -0.15) is 0 Å². The van der Waals surface area contributed by atoms with Gasteiger partial charge in [0.25, 0.3) is 0 Å². The lowest BCUT2D eigenvalue weighted by Crippen LogP contribution is -2.44. The zero-order valence-electron chi connectivity index (χ0n) is 9.89. The van der Waals surface area contributed by atoms with Gasteiger partial charge in [0.05, 0.1) is 6.42 Å². The summed E-state index contributed by atoms with van der Waals surface area (Å²) in [6.07, 6.45) is -0.737. The molecule has 0 heterocycles. The zero-order chi connectivity index (χ0) is 15.3. The second-order valence-electron chi connectivity index (χ2n) is 3.75. The number of anilines is 1. The number of carboxylic acid groups (broad SMARTS) is 2. The van der Waals surface area contributed by atoms with Crippen molar-refractivity contribution < 1.29 is 24.6 Å². The Hall–Kier alpha value is -1.99. The molecule has 0 aliphatic rings. The van der Waals surface area contributed by atoms with E-state index in [0.29, 0.717) is 0 Å². The van der Waals surface area contributed by atoms with Crippen molar-refractivity contribution >= 4 is 46.9 Å². The van der Waals surface area contributed by atoms with E-state index in [0.717, 1.165) is 0 Å². The van der Waals surface area contributed by atoms with Crippen LogP contribution in [0.1, 0.15) is 6.42 Å². The van der Waals surface area contributed by atoms with Crippen molar-refractivity contribution in [1.82, 2.24) is 5.32 Å². The van der Waals surface area contributed by atoms with Gasteiger partial charge >= 0.3 is 18.0 Å². The van der Waals surface area contributed by atoms with Gasteiger partial charge in [0.1, 0.15) is 6.04 Å². The number of nitrogens with one attached hydrogen (secondary N) is 2. The molecule has 1 rings (SSSR count). The van der Waals surface area contributed by atoms with Crippen LogP contribution in [-0.4, -0.2) is 34.2 Å². The standard InChI is InChI=1S/C11H10Cl2N2O5/c12-5-1-6(13)3-7(2-5)14-11(20)15-8(10(18)19)4-9(16)17/h1-3,8H,4H2,(H,16,17)(H,18,19)(H2,14,15,20)/t8-/m0/s1. The summed E-state index contributed by atoms with van der Waals surface area (Å²) in [5, 5.41) is 22.2. The minimum absolute atomic E-state index is 0.250. The van der Waals surface area contributed by atoms with Gasteiger partial charge in [-0.1, -0.05) is 23.2 Å². The first kappa shape index (κ1) is 16.1. The van der Waals surface area contributed by atoms with Crippen LogP contribution < -0.4 is 10.6 Å². The number of amides is 2. The Kier molecular flexibility index (Phi) is 5.60. The molecule has 1 atom stereocenters. The molecule has 0 aliphatic heterocycles. The number of hydrogen-bond donors (Lipinski definition) is 4. The van der Waals surface area contributed by atoms with E-state index in [1.54, 1.807) is 0 Å². The SMILES string of the molecule is O=C(O)C[C@H](NC(=O)Nc1cc(Cl)cc(Cl)c1)C(=O)O. The highest BCUT2D eigenvalue weighted by Crippen LogP contribution is 2.22. The molecule has 0 unspecified atom stereocenters. The number of carbonyl (C=O) groups is 3. The Morgan fingerprint density at radius 2 is 1.65 bits per heavy atom. The predicted octanol–water partition coefficient (Wildman–Crippen LogP) is 2.04. The molecule has 20 heavy (non-hydrogen) atoms. The van der Waals surface area contributed by atoms with Crippen molar-refractivity contribution in [3.63, 3.8) is 0 Å². The van der Waals surface area contributed by atoms with Crippen molar-refractivity contribution in [3.05, 3.63) is 28.2 Å². The Bertz CT molecular complexity index is 529. The van der Waals surface area contributed by atoms with E-state index in [4.69, 9.17) is 33.4 Å². The maximum absolute atomic E-state index is 11.6. The van der Waals surface area contributed by atoms with Crippen LogP contribution in [0.3, 0.4) is 0 Å². The van der Waals surface area contributed by atoms with Crippen LogP contribution >= 0.6 is 23.2 Å². The molecule has 0 aliphatic carbocycles. The lowest BCUT2D eigenvalue weighted by molar-refractivity contribution is -0.145. The molecule has 0 saturated carbocycles. The van der Waals surface area contributed by atoms with Gasteiger partial charge in [-0.3, -0.25) is 4.79 Å². The number of aliphatic carboxylic acids is 2. The van der Waals surface area contributed by atoms with Crippen molar-refractivity contribution in [3.8, 4) is 0 Å². The Morgan fingerprint density at radius 3 is 2.10 bits per heavy atom. The third kappa shape index (κ3) is 5.33. The minimum Gasteiger partial charge on any atom is -0.481 e. The van der Waals surface area contributed by atoms with Crippen molar-refractivity contribution in [2.45, 2.75) is 12.5 Å². The minimum atomic E-state index is -1.54. The highest BCUT2D eigenvalue weighted by molar-refractivity contribution is 6.35. The summed E-state index contributed by atoms with van der Waals surface area (Å²) in [5.74, 6) is -2.80. The van der Waals surface area contributed by atoms with Gasteiger partial charge in [-0.05, 0) is 18.2 Å². The largest absolute Gasteiger partial charge is 0.481 e. The molecule has 2 amide bonds. The molecule has 1 aromatic carbocycles. The van der Waals surface area contributed by atoms with Gasteiger partial charge in [-0.15, -0.1) is 0 Å². The van der Waals surface area contributed by atoms with Crippen molar-refractivity contribution in [2.24, 2.45) is 0 Å². The van der Waals surface area contributed by atoms with E-state index in [-0.39, 0.29) is 15.7 Å². The normalized spacial score (nSPS) is 11.5. The average molecular weight is 321 g/mol. The summed E-state index contributed by atoms with van der Waals surface area (Å²) < 4.78 is 0. The molecule has 0 saturated heterocycles. The first-order valence-corrected chi connectivity index (χ1v) is 6.01. The van der Waals surface area contributed by atoms with Gasteiger partial charge < -0.3 is 20.8 Å². The fourth-order valence-electron chi connectivity index (χ4n) is 1.33. The third-order valence-corrected chi connectivity index (χ3v) is 2.54. The quantitative estimate of drug-likeness (QED) is 0.662. The maximum Gasteiger partial charge on any atom is 0.326 e. The van der Waals surface area contributed by atoms with E-state index in [1.165, 1.54) is 18.2 Å². The summed E-state index contributed by atoms with van der Waals surface area (Å²) in [4.78, 5) is 32.8. The lowest BCUT2D eigenvalue weighted by Gasteiger charge is -2.13. The molecule has 4 N–H and O–H groups in total. The second kappa shape index (κ2) is 6.97. The van der Waals surface area contributed by atoms with Crippen LogP contribution in [0.5, 0.6) is 0 Å². The van der Waals surface area contributed by atoms with E-state index in [1.807, 2.05) is 5.32 Å². The molecule has 1 aromatic rings. The first-order chi connectivity index (χ1) is 9.27. The fourth-order valence-corrected chi connectivity index (χ4v) is 1.85. The molecular formula is C11H10Cl2N2O5. The molecule has 108 valence electrons. The third-order valence-electron chi connectivity index (χ3n) is 2.10. The molecule has 7 nitrogen and oxygen atoms in total. The number of halogens is 2. The highest BCUT2D eigenvalue weighted by atomic mass is 35.5. The number of carboxylic acids is 2. The van der Waals surface area contributed by atoms with E-state index < -0.39 is 30.4 Å². The molecule has 0 spiro atoms. The highest BCUT2D eigenvalue weighted by Gasteiger charge is 2.23. The number of benzene rings is 1. The fraction of sp³-hybridized carbons (Fsp3) is 0.182. The second-order valence-corrected chi connectivity index (χ2v) is 4.62. The summed E-state index contributed by atoms with van der Waals surface area (Å²) in [6, 6.07) is 1.84. The molecule has 0 aromatic heterocycles. The van der Waals surface area contributed by atoms with Crippen LogP contribution in [0.4, 0.5) is 10.5 Å². The zero-order valence-corrected chi connectivity index (χ0v) is 11.4. The topological polar surface area (TPSA) is 116 Å². The molecular weight excluding hydrogens is 311 g/mol. The van der Waals surface area contributed by atoms with E-state index in [2.05, 4.69) is 5.32 Å². The van der Waals surface area contributed by atoms with Crippen LogP contribution in [-0.2, 0) is 9.59 Å². The molecule has 0 radical (unpaired) electrons. The van der Waals surface area contributed by atoms with Crippen LogP contribution in [0.15, 0.2) is 18.2 Å².